The summed E-state index contributed by atoms with van der Waals surface area (Å²) < 4.78 is 5.58. The van der Waals surface area contributed by atoms with Gasteiger partial charge < -0.3 is 4.74 Å². The summed E-state index contributed by atoms with van der Waals surface area (Å²) in [7, 11) is 0. The van der Waals surface area contributed by atoms with Crippen molar-refractivity contribution in [1.82, 2.24) is 0 Å². The van der Waals surface area contributed by atoms with Crippen LogP contribution in [-0.4, -0.2) is 17.9 Å². The summed E-state index contributed by atoms with van der Waals surface area (Å²) in [5.74, 6) is 0.993. The number of carbonyl (C=O) groups is 2. The molecule has 0 aromatic rings. The zero-order valence-electron chi connectivity index (χ0n) is 14.9. The van der Waals surface area contributed by atoms with Crippen molar-refractivity contribution in [3.05, 3.63) is 23.3 Å². The molecular weight excluding hydrogens is 288 g/mol. The number of rotatable bonds is 1. The van der Waals surface area contributed by atoms with E-state index in [-0.39, 0.29) is 24.3 Å². The fourth-order valence-electron chi connectivity index (χ4n) is 3.60. The van der Waals surface area contributed by atoms with Crippen LogP contribution in [0.3, 0.4) is 0 Å². The molecule has 3 atom stereocenters. The van der Waals surface area contributed by atoms with Gasteiger partial charge in [0.05, 0.1) is 0 Å². The number of ether oxygens (including phenoxy) is 1. The predicted molar refractivity (Wildman–Crippen MR) is 91.9 cm³/mol. The first-order chi connectivity index (χ1) is 10.9. The molecule has 2 aliphatic rings. The standard InChI is InChI=1S/C20H30O3/c1-13(2)18-9-8-14(3)6-5-7-15(4)10-17(21)11-16-12-19(18)23-20(16)22/h6,12-13,15,18-19H,5,7-11H2,1-4H3/b14-6+/t15?,18-,19+/m1/s1. The van der Waals surface area contributed by atoms with E-state index in [2.05, 4.69) is 33.8 Å². The summed E-state index contributed by atoms with van der Waals surface area (Å²) in [4.78, 5) is 24.3. The van der Waals surface area contributed by atoms with Crippen molar-refractivity contribution in [2.45, 2.75) is 72.3 Å². The van der Waals surface area contributed by atoms with E-state index < -0.39 is 0 Å². The summed E-state index contributed by atoms with van der Waals surface area (Å²) in [6.07, 6.45) is 8.98. The maximum Gasteiger partial charge on any atom is 0.334 e. The number of hydrogen-bond donors (Lipinski definition) is 0. The van der Waals surface area contributed by atoms with Crippen LogP contribution in [0, 0.1) is 17.8 Å². The molecule has 0 amide bonds. The van der Waals surface area contributed by atoms with Crippen molar-refractivity contribution in [1.29, 1.82) is 0 Å². The lowest BCUT2D eigenvalue weighted by molar-refractivity contribution is -0.142. The van der Waals surface area contributed by atoms with E-state index in [0.29, 0.717) is 29.7 Å². The molecule has 3 nitrogen and oxygen atoms in total. The third-order valence-corrected chi connectivity index (χ3v) is 5.14. The molecule has 1 aliphatic heterocycles. The molecule has 0 saturated carbocycles. The highest BCUT2D eigenvalue weighted by molar-refractivity contribution is 5.97. The summed E-state index contributed by atoms with van der Waals surface area (Å²) in [5, 5.41) is 0. The van der Waals surface area contributed by atoms with Crippen LogP contribution in [0.5, 0.6) is 0 Å². The largest absolute Gasteiger partial charge is 0.454 e. The minimum absolute atomic E-state index is 0.153. The van der Waals surface area contributed by atoms with Crippen molar-refractivity contribution >= 4 is 11.8 Å². The van der Waals surface area contributed by atoms with Gasteiger partial charge in [0.2, 0.25) is 0 Å². The van der Waals surface area contributed by atoms with Crippen molar-refractivity contribution in [2.75, 3.05) is 0 Å². The molecule has 2 rings (SSSR count). The van der Waals surface area contributed by atoms with E-state index in [1.807, 2.05) is 6.08 Å². The Kier molecular flexibility index (Phi) is 6.20. The Bertz CT molecular complexity index is 513. The van der Waals surface area contributed by atoms with Gasteiger partial charge in [0, 0.05) is 24.3 Å². The summed E-state index contributed by atoms with van der Waals surface area (Å²) >= 11 is 0. The number of fused-ring (bicyclic) bond motifs is 1. The highest BCUT2D eigenvalue weighted by Crippen LogP contribution is 2.32. The smallest absolute Gasteiger partial charge is 0.334 e. The second kappa shape index (κ2) is 7.94. The molecule has 1 heterocycles. The summed E-state index contributed by atoms with van der Waals surface area (Å²) in [6.45, 7) is 8.66. The molecule has 0 spiro atoms. The van der Waals surface area contributed by atoms with E-state index in [1.165, 1.54) is 5.57 Å². The van der Waals surface area contributed by atoms with Gasteiger partial charge in [0.15, 0.2) is 0 Å². The van der Waals surface area contributed by atoms with Gasteiger partial charge in [-0.15, -0.1) is 0 Å². The number of allylic oxidation sites excluding steroid dienone is 2. The lowest BCUT2D eigenvalue weighted by Crippen LogP contribution is -2.25. The third kappa shape index (κ3) is 5.05. The van der Waals surface area contributed by atoms with Gasteiger partial charge in [-0.25, -0.2) is 4.79 Å². The third-order valence-electron chi connectivity index (χ3n) is 5.14. The fourth-order valence-corrected chi connectivity index (χ4v) is 3.60. The number of ketones is 1. The first-order valence-corrected chi connectivity index (χ1v) is 8.95. The minimum atomic E-state index is -0.288. The maximum absolute atomic E-state index is 12.2. The van der Waals surface area contributed by atoms with Crippen molar-refractivity contribution in [2.24, 2.45) is 17.8 Å². The molecular formula is C20H30O3. The highest BCUT2D eigenvalue weighted by atomic mass is 16.5. The zero-order chi connectivity index (χ0) is 17.0. The molecule has 3 heteroatoms. The maximum atomic E-state index is 12.2. The molecule has 0 N–H and O–H groups in total. The summed E-state index contributed by atoms with van der Waals surface area (Å²) in [5.41, 5.74) is 1.97. The zero-order valence-corrected chi connectivity index (χ0v) is 14.9. The molecule has 0 fully saturated rings. The normalized spacial score (nSPS) is 32.8. The first kappa shape index (κ1) is 18.0. The van der Waals surface area contributed by atoms with Crippen LogP contribution in [0.25, 0.3) is 0 Å². The van der Waals surface area contributed by atoms with Gasteiger partial charge >= 0.3 is 5.97 Å². The SMILES string of the molecule is C/C1=C\CCC(C)CC(=O)CC2=C[C@H](OC2=O)[C@@H](C(C)C)CC1. The molecule has 23 heavy (non-hydrogen) atoms. The quantitative estimate of drug-likeness (QED) is 0.523. The molecule has 0 radical (unpaired) electrons. The Labute approximate surface area is 140 Å². The van der Waals surface area contributed by atoms with Gasteiger partial charge in [-0.3, -0.25) is 4.79 Å². The van der Waals surface area contributed by atoms with Gasteiger partial charge in [-0.05, 0) is 50.5 Å². The summed E-state index contributed by atoms with van der Waals surface area (Å²) in [6, 6.07) is 0. The van der Waals surface area contributed by atoms with Gasteiger partial charge in [0.25, 0.3) is 0 Å². The van der Waals surface area contributed by atoms with Gasteiger partial charge in [-0.2, -0.15) is 0 Å². The van der Waals surface area contributed by atoms with Gasteiger partial charge in [-0.1, -0.05) is 32.4 Å². The average molecular weight is 318 g/mol. The van der Waals surface area contributed by atoms with Crippen molar-refractivity contribution in [3.63, 3.8) is 0 Å². The molecule has 1 unspecified atom stereocenters. The van der Waals surface area contributed by atoms with Crippen LogP contribution in [-0.2, 0) is 14.3 Å². The van der Waals surface area contributed by atoms with Crippen LogP contribution in [0.15, 0.2) is 23.3 Å². The van der Waals surface area contributed by atoms with E-state index >= 15 is 0 Å². The van der Waals surface area contributed by atoms with Gasteiger partial charge in [0.1, 0.15) is 11.9 Å². The Hall–Kier alpha value is -1.38. The Morgan fingerprint density at radius 3 is 2.65 bits per heavy atom. The second-order valence-electron chi connectivity index (χ2n) is 7.66. The van der Waals surface area contributed by atoms with Crippen LogP contribution in [0.4, 0.5) is 0 Å². The van der Waals surface area contributed by atoms with E-state index in [1.54, 1.807) is 0 Å². The Morgan fingerprint density at radius 2 is 1.96 bits per heavy atom. The highest BCUT2D eigenvalue weighted by Gasteiger charge is 2.33. The topological polar surface area (TPSA) is 43.4 Å². The molecule has 1 aliphatic carbocycles. The minimum Gasteiger partial charge on any atom is -0.454 e. The lowest BCUT2D eigenvalue weighted by Gasteiger charge is -2.25. The van der Waals surface area contributed by atoms with Crippen LogP contribution >= 0.6 is 0 Å². The van der Waals surface area contributed by atoms with Crippen molar-refractivity contribution < 1.29 is 14.3 Å². The molecule has 2 bridgehead atoms. The fraction of sp³-hybridized carbons (Fsp3) is 0.700. The van der Waals surface area contributed by atoms with Crippen LogP contribution < -0.4 is 0 Å². The molecule has 0 saturated heterocycles. The van der Waals surface area contributed by atoms with E-state index in [0.717, 1.165) is 25.7 Å². The second-order valence-corrected chi connectivity index (χ2v) is 7.66. The number of Topliss-reactive ketones (excluding diaryl/α,β-unsaturated/α-hetero) is 1. The Balaban J connectivity index is 2.21. The molecule has 0 aromatic carbocycles. The first-order valence-electron chi connectivity index (χ1n) is 8.95. The van der Waals surface area contributed by atoms with Crippen LogP contribution in [0.1, 0.15) is 66.2 Å². The number of carbonyl (C=O) groups excluding carboxylic acids is 2. The average Bonchev–Trinajstić information content (AvgIpc) is 2.78. The predicted octanol–water partition coefficient (Wildman–Crippen LogP) is 4.62. The number of hydrogen-bond acceptors (Lipinski definition) is 3. The van der Waals surface area contributed by atoms with Crippen molar-refractivity contribution in [3.8, 4) is 0 Å². The monoisotopic (exact) mass is 318 g/mol. The van der Waals surface area contributed by atoms with E-state index in [4.69, 9.17) is 4.74 Å². The van der Waals surface area contributed by atoms with E-state index in [9.17, 15) is 9.59 Å². The lowest BCUT2D eigenvalue weighted by atomic mass is 9.84. The Morgan fingerprint density at radius 1 is 1.22 bits per heavy atom. The van der Waals surface area contributed by atoms with Crippen LogP contribution in [0.2, 0.25) is 0 Å². The molecule has 0 aromatic heterocycles. The molecule has 128 valence electrons. The number of esters is 1.